The van der Waals surface area contributed by atoms with E-state index >= 15 is 0 Å². The molecule has 0 unspecified atom stereocenters. The molecule has 1 aromatic heterocycles. The molecule has 1 N–H and O–H groups in total. The first-order valence-electron chi connectivity index (χ1n) is 5.90. The van der Waals surface area contributed by atoms with Crippen LogP contribution in [0, 0.1) is 0 Å². The van der Waals surface area contributed by atoms with Crippen LogP contribution in [0.4, 0.5) is 10.6 Å². The summed E-state index contributed by atoms with van der Waals surface area (Å²) < 4.78 is 0. The molecular weight excluding hydrogens is 216 g/mol. The molecule has 0 saturated carbocycles. The average Bonchev–Trinajstić information content (AvgIpc) is 2.62. The highest BCUT2D eigenvalue weighted by molar-refractivity contribution is 5.76. The van der Waals surface area contributed by atoms with Crippen molar-refractivity contribution < 1.29 is 4.79 Å². The average molecular weight is 234 g/mol. The summed E-state index contributed by atoms with van der Waals surface area (Å²) >= 11 is 0. The van der Waals surface area contributed by atoms with Crippen LogP contribution in [-0.2, 0) is 6.54 Å². The Kier molecular flexibility index (Phi) is 3.46. The zero-order chi connectivity index (χ0) is 12.3. The summed E-state index contributed by atoms with van der Waals surface area (Å²) in [5, 5.41) is 3.17. The van der Waals surface area contributed by atoms with Crippen LogP contribution in [-0.4, -0.2) is 47.5 Å². The monoisotopic (exact) mass is 234 g/mol. The van der Waals surface area contributed by atoms with Gasteiger partial charge in [-0.3, -0.25) is 0 Å². The smallest absolute Gasteiger partial charge is 0.320 e. The van der Waals surface area contributed by atoms with Crippen molar-refractivity contribution in [2.24, 2.45) is 0 Å². The topological polar surface area (TPSA) is 48.5 Å². The standard InChI is InChI=1S/C12H18N4O/c1-3-13-11-6-4-5-10(14-11)9-16-8-7-15(2)12(16)17/h4-6H,3,7-9H2,1-2H3,(H,13,14). The molecule has 1 fully saturated rings. The third kappa shape index (κ3) is 2.67. The van der Waals surface area contributed by atoms with Gasteiger partial charge in [0.05, 0.1) is 12.2 Å². The summed E-state index contributed by atoms with van der Waals surface area (Å²) in [5.41, 5.74) is 0.923. The molecule has 0 bridgehead atoms. The first-order chi connectivity index (χ1) is 8.20. The Labute approximate surface area is 101 Å². The Morgan fingerprint density at radius 2 is 2.24 bits per heavy atom. The van der Waals surface area contributed by atoms with Gasteiger partial charge in [0.1, 0.15) is 5.82 Å². The SMILES string of the molecule is CCNc1cccc(CN2CCN(C)C2=O)n1. The molecule has 0 aliphatic carbocycles. The maximum Gasteiger partial charge on any atom is 0.320 e. The van der Waals surface area contributed by atoms with E-state index < -0.39 is 0 Å². The molecule has 2 heterocycles. The zero-order valence-corrected chi connectivity index (χ0v) is 10.3. The number of pyridine rings is 1. The minimum Gasteiger partial charge on any atom is -0.370 e. The number of rotatable bonds is 4. The van der Waals surface area contributed by atoms with Crippen LogP contribution in [0.2, 0.25) is 0 Å². The van der Waals surface area contributed by atoms with Crippen LogP contribution in [0.5, 0.6) is 0 Å². The molecular formula is C12H18N4O. The molecule has 1 aliphatic heterocycles. The van der Waals surface area contributed by atoms with Crippen LogP contribution in [0.25, 0.3) is 0 Å². The lowest BCUT2D eigenvalue weighted by molar-refractivity contribution is 0.196. The van der Waals surface area contributed by atoms with Gasteiger partial charge in [0, 0.05) is 26.7 Å². The third-order valence-corrected chi connectivity index (χ3v) is 2.82. The normalized spacial score (nSPS) is 15.5. The highest BCUT2D eigenvalue weighted by Gasteiger charge is 2.25. The lowest BCUT2D eigenvalue weighted by atomic mass is 10.3. The van der Waals surface area contributed by atoms with Crippen molar-refractivity contribution in [3.63, 3.8) is 0 Å². The predicted octanol–water partition coefficient (Wildman–Crippen LogP) is 1.38. The van der Waals surface area contributed by atoms with Crippen LogP contribution >= 0.6 is 0 Å². The maximum atomic E-state index is 11.7. The van der Waals surface area contributed by atoms with E-state index in [1.54, 1.807) is 4.90 Å². The highest BCUT2D eigenvalue weighted by Crippen LogP contribution is 2.12. The Morgan fingerprint density at radius 1 is 1.41 bits per heavy atom. The van der Waals surface area contributed by atoms with Gasteiger partial charge in [-0.05, 0) is 19.1 Å². The van der Waals surface area contributed by atoms with E-state index in [1.807, 2.05) is 37.1 Å². The summed E-state index contributed by atoms with van der Waals surface area (Å²) in [5.74, 6) is 0.866. The van der Waals surface area contributed by atoms with E-state index in [0.717, 1.165) is 31.1 Å². The van der Waals surface area contributed by atoms with Crippen LogP contribution < -0.4 is 5.32 Å². The zero-order valence-electron chi connectivity index (χ0n) is 10.3. The molecule has 1 aliphatic rings. The van der Waals surface area contributed by atoms with E-state index in [9.17, 15) is 4.79 Å². The van der Waals surface area contributed by atoms with E-state index in [-0.39, 0.29) is 6.03 Å². The van der Waals surface area contributed by atoms with Gasteiger partial charge in [-0.25, -0.2) is 9.78 Å². The molecule has 0 radical (unpaired) electrons. The molecule has 0 atom stereocenters. The van der Waals surface area contributed by atoms with Crippen molar-refractivity contribution in [2.45, 2.75) is 13.5 Å². The molecule has 17 heavy (non-hydrogen) atoms. The summed E-state index contributed by atoms with van der Waals surface area (Å²) in [4.78, 5) is 19.7. The number of anilines is 1. The Balaban J connectivity index is 2.03. The van der Waals surface area contributed by atoms with Crippen molar-refractivity contribution in [3.8, 4) is 0 Å². The lowest BCUT2D eigenvalue weighted by Gasteiger charge is -2.15. The van der Waals surface area contributed by atoms with Crippen molar-refractivity contribution in [3.05, 3.63) is 23.9 Å². The van der Waals surface area contributed by atoms with Crippen molar-refractivity contribution in [1.82, 2.24) is 14.8 Å². The minimum atomic E-state index is 0.0839. The fourth-order valence-corrected chi connectivity index (χ4v) is 1.89. The van der Waals surface area contributed by atoms with Gasteiger partial charge in [0.15, 0.2) is 0 Å². The van der Waals surface area contributed by atoms with E-state index in [2.05, 4.69) is 10.3 Å². The van der Waals surface area contributed by atoms with Gasteiger partial charge in [-0.1, -0.05) is 6.07 Å². The molecule has 1 aromatic rings. The number of carbonyl (C=O) groups excluding carboxylic acids is 1. The number of carbonyl (C=O) groups is 1. The summed E-state index contributed by atoms with van der Waals surface area (Å²) in [6.07, 6.45) is 0. The second-order valence-electron chi connectivity index (χ2n) is 4.17. The Morgan fingerprint density at radius 3 is 2.88 bits per heavy atom. The first-order valence-corrected chi connectivity index (χ1v) is 5.90. The van der Waals surface area contributed by atoms with Gasteiger partial charge in [-0.2, -0.15) is 0 Å². The molecule has 2 amide bonds. The Hall–Kier alpha value is -1.78. The largest absolute Gasteiger partial charge is 0.370 e. The second kappa shape index (κ2) is 5.03. The number of hydrogen-bond donors (Lipinski definition) is 1. The number of urea groups is 1. The van der Waals surface area contributed by atoms with Crippen LogP contribution in [0.1, 0.15) is 12.6 Å². The Bertz CT molecular complexity index is 407. The van der Waals surface area contributed by atoms with Crippen molar-refractivity contribution in [2.75, 3.05) is 32.0 Å². The summed E-state index contributed by atoms with van der Waals surface area (Å²) in [6, 6.07) is 5.93. The van der Waals surface area contributed by atoms with Gasteiger partial charge in [0.2, 0.25) is 0 Å². The minimum absolute atomic E-state index is 0.0839. The number of likely N-dealkylation sites (N-methyl/N-ethyl adjacent to an activating group) is 1. The number of nitrogens with zero attached hydrogens (tertiary/aromatic N) is 3. The highest BCUT2D eigenvalue weighted by atomic mass is 16.2. The third-order valence-electron chi connectivity index (χ3n) is 2.82. The van der Waals surface area contributed by atoms with Crippen LogP contribution in [0.3, 0.4) is 0 Å². The molecule has 0 aromatic carbocycles. The molecule has 0 spiro atoms. The number of amides is 2. The van der Waals surface area contributed by atoms with E-state index in [4.69, 9.17) is 0 Å². The molecule has 92 valence electrons. The number of hydrogen-bond acceptors (Lipinski definition) is 3. The van der Waals surface area contributed by atoms with Crippen LogP contribution in [0.15, 0.2) is 18.2 Å². The van der Waals surface area contributed by atoms with Gasteiger partial charge in [-0.15, -0.1) is 0 Å². The van der Waals surface area contributed by atoms with Crippen molar-refractivity contribution in [1.29, 1.82) is 0 Å². The van der Waals surface area contributed by atoms with Gasteiger partial charge in [0.25, 0.3) is 0 Å². The number of nitrogens with one attached hydrogen (secondary N) is 1. The molecule has 2 rings (SSSR count). The van der Waals surface area contributed by atoms with Gasteiger partial charge >= 0.3 is 6.03 Å². The van der Waals surface area contributed by atoms with Crippen molar-refractivity contribution >= 4 is 11.8 Å². The van der Waals surface area contributed by atoms with E-state index in [1.165, 1.54) is 0 Å². The fourth-order valence-electron chi connectivity index (χ4n) is 1.89. The quantitative estimate of drug-likeness (QED) is 0.856. The lowest BCUT2D eigenvalue weighted by Crippen LogP contribution is -2.29. The summed E-state index contributed by atoms with van der Waals surface area (Å²) in [7, 11) is 1.82. The first kappa shape index (κ1) is 11.7. The summed E-state index contributed by atoms with van der Waals surface area (Å²) in [6.45, 7) is 5.05. The molecule has 1 saturated heterocycles. The maximum absolute atomic E-state index is 11.7. The molecule has 5 nitrogen and oxygen atoms in total. The fraction of sp³-hybridized carbons (Fsp3) is 0.500. The number of aromatic nitrogens is 1. The van der Waals surface area contributed by atoms with E-state index in [0.29, 0.717) is 6.54 Å². The van der Waals surface area contributed by atoms with Gasteiger partial charge < -0.3 is 15.1 Å². The molecule has 5 heteroatoms. The predicted molar refractivity (Wildman–Crippen MR) is 66.8 cm³/mol. The second-order valence-corrected chi connectivity index (χ2v) is 4.17.